The third-order valence-corrected chi connectivity index (χ3v) is 1.99. The molecule has 1 N–H and O–H groups in total. The summed E-state index contributed by atoms with van der Waals surface area (Å²) in [6, 6.07) is 3.72. The summed E-state index contributed by atoms with van der Waals surface area (Å²) in [5.41, 5.74) is 0.0401. The quantitative estimate of drug-likeness (QED) is 0.826. The Labute approximate surface area is 86.0 Å². The van der Waals surface area contributed by atoms with Gasteiger partial charge in [-0.05, 0) is 19.1 Å². The normalized spacial score (nSPS) is 10.5. The van der Waals surface area contributed by atoms with Crippen LogP contribution in [0.5, 0.6) is 0 Å². The fourth-order valence-corrected chi connectivity index (χ4v) is 1.31. The highest BCUT2D eigenvalue weighted by Gasteiger charge is 2.07. The monoisotopic (exact) mass is 206 g/mol. The van der Waals surface area contributed by atoms with Crippen LogP contribution in [0.1, 0.15) is 22.0 Å². The lowest BCUT2D eigenvalue weighted by atomic mass is 10.4. The van der Waals surface area contributed by atoms with E-state index in [2.05, 4.69) is 4.98 Å². The zero-order valence-electron chi connectivity index (χ0n) is 8.17. The van der Waals surface area contributed by atoms with E-state index in [0.717, 1.165) is 11.5 Å². The van der Waals surface area contributed by atoms with Crippen LogP contribution < -0.4 is 0 Å². The first-order valence-electron chi connectivity index (χ1n) is 4.45. The molecule has 0 fully saturated rings. The highest BCUT2D eigenvalue weighted by molar-refractivity contribution is 5.84. The number of aromatic nitrogens is 2. The smallest absolute Gasteiger partial charge is 0.356 e. The van der Waals surface area contributed by atoms with Gasteiger partial charge >= 0.3 is 5.97 Å². The predicted molar refractivity (Wildman–Crippen MR) is 51.7 cm³/mol. The maximum atomic E-state index is 10.6. The third kappa shape index (κ3) is 2.07. The molecular formula is C10H10N2O3. The van der Waals surface area contributed by atoms with E-state index in [0.29, 0.717) is 6.54 Å². The number of carboxylic acid groups (broad SMARTS) is 1. The van der Waals surface area contributed by atoms with Crippen LogP contribution in [0.25, 0.3) is 0 Å². The minimum absolute atomic E-state index is 0.0401. The molecule has 0 bridgehead atoms. The topological polar surface area (TPSA) is 68.3 Å². The second kappa shape index (κ2) is 3.61. The lowest BCUT2D eigenvalue weighted by Gasteiger charge is -1.96. The second-order valence-corrected chi connectivity index (χ2v) is 3.25. The number of rotatable bonds is 3. The number of nitrogens with zero attached hydrogens (tertiary/aromatic N) is 2. The van der Waals surface area contributed by atoms with Crippen LogP contribution in [0.15, 0.2) is 29.1 Å². The van der Waals surface area contributed by atoms with E-state index in [4.69, 9.17) is 9.52 Å². The minimum atomic E-state index is -1.02. The number of imidazole rings is 1. The molecule has 0 spiro atoms. The van der Waals surface area contributed by atoms with E-state index in [9.17, 15) is 4.79 Å². The molecule has 0 saturated heterocycles. The molecule has 2 aromatic rings. The summed E-state index contributed by atoms with van der Waals surface area (Å²) in [4.78, 5) is 14.3. The summed E-state index contributed by atoms with van der Waals surface area (Å²) in [6.45, 7) is 2.36. The number of carboxylic acids is 1. The third-order valence-electron chi connectivity index (χ3n) is 1.99. The molecule has 78 valence electrons. The molecule has 0 unspecified atom stereocenters. The number of aryl methyl sites for hydroxylation is 1. The number of aromatic carboxylic acids is 1. The summed E-state index contributed by atoms with van der Waals surface area (Å²) in [5.74, 6) is 0.592. The molecule has 0 aromatic carbocycles. The van der Waals surface area contributed by atoms with Gasteiger partial charge in [-0.25, -0.2) is 9.78 Å². The SMILES string of the molecule is Cc1ccc(Cn2cnc(C(=O)O)c2)o1. The van der Waals surface area contributed by atoms with Gasteiger partial charge in [-0.15, -0.1) is 0 Å². The van der Waals surface area contributed by atoms with Crippen LogP contribution >= 0.6 is 0 Å². The van der Waals surface area contributed by atoms with Crippen molar-refractivity contribution >= 4 is 5.97 Å². The average Bonchev–Trinajstić information content (AvgIpc) is 2.76. The Hall–Kier alpha value is -2.04. The first-order valence-corrected chi connectivity index (χ1v) is 4.45. The fraction of sp³-hybridized carbons (Fsp3) is 0.200. The first-order chi connectivity index (χ1) is 7.15. The number of furan rings is 1. The van der Waals surface area contributed by atoms with Crippen LogP contribution in [0.4, 0.5) is 0 Å². The molecule has 2 heterocycles. The Morgan fingerprint density at radius 1 is 1.60 bits per heavy atom. The molecule has 0 atom stereocenters. The molecule has 0 radical (unpaired) electrons. The van der Waals surface area contributed by atoms with Crippen molar-refractivity contribution in [3.8, 4) is 0 Å². The van der Waals surface area contributed by atoms with Crippen LogP contribution in [-0.2, 0) is 6.54 Å². The van der Waals surface area contributed by atoms with E-state index < -0.39 is 5.97 Å². The minimum Gasteiger partial charge on any atom is -0.476 e. The predicted octanol–water partition coefficient (Wildman–Crippen LogP) is 1.53. The largest absolute Gasteiger partial charge is 0.476 e. The first kappa shape index (κ1) is 9.51. The van der Waals surface area contributed by atoms with Crippen molar-refractivity contribution in [2.45, 2.75) is 13.5 Å². The Morgan fingerprint density at radius 3 is 2.93 bits per heavy atom. The summed E-state index contributed by atoms with van der Waals surface area (Å²) in [7, 11) is 0. The van der Waals surface area contributed by atoms with Gasteiger partial charge in [0, 0.05) is 6.20 Å². The van der Waals surface area contributed by atoms with Crippen molar-refractivity contribution in [1.29, 1.82) is 0 Å². The van der Waals surface area contributed by atoms with Crippen molar-refractivity contribution in [3.63, 3.8) is 0 Å². The number of carbonyl (C=O) groups is 1. The van der Waals surface area contributed by atoms with Crippen LogP contribution in [0.3, 0.4) is 0 Å². The van der Waals surface area contributed by atoms with Gasteiger partial charge in [0.1, 0.15) is 11.5 Å². The van der Waals surface area contributed by atoms with Gasteiger partial charge in [0.2, 0.25) is 0 Å². The van der Waals surface area contributed by atoms with Gasteiger partial charge in [0.25, 0.3) is 0 Å². The summed E-state index contributed by atoms with van der Waals surface area (Å²) in [5, 5.41) is 8.67. The molecule has 5 heteroatoms. The summed E-state index contributed by atoms with van der Waals surface area (Å²) < 4.78 is 7.03. The van der Waals surface area contributed by atoms with Crippen molar-refractivity contribution in [2.24, 2.45) is 0 Å². The highest BCUT2D eigenvalue weighted by Crippen LogP contribution is 2.08. The molecule has 2 rings (SSSR count). The van der Waals surface area contributed by atoms with Crippen LogP contribution in [0, 0.1) is 6.92 Å². The molecule has 2 aromatic heterocycles. The molecule has 0 amide bonds. The van der Waals surface area contributed by atoms with E-state index in [1.54, 1.807) is 4.57 Å². The lowest BCUT2D eigenvalue weighted by molar-refractivity contribution is 0.0691. The average molecular weight is 206 g/mol. The number of hydrogen-bond donors (Lipinski definition) is 1. The van der Waals surface area contributed by atoms with Crippen LogP contribution in [-0.4, -0.2) is 20.6 Å². The van der Waals surface area contributed by atoms with E-state index in [1.807, 2.05) is 19.1 Å². The lowest BCUT2D eigenvalue weighted by Crippen LogP contribution is -1.97. The molecule has 15 heavy (non-hydrogen) atoms. The number of hydrogen-bond acceptors (Lipinski definition) is 3. The van der Waals surface area contributed by atoms with Gasteiger partial charge in [0.05, 0.1) is 12.9 Å². The van der Waals surface area contributed by atoms with Gasteiger partial charge in [-0.3, -0.25) is 0 Å². The van der Waals surface area contributed by atoms with Crippen LogP contribution in [0.2, 0.25) is 0 Å². The molecule has 5 nitrogen and oxygen atoms in total. The molecule has 0 saturated carbocycles. The van der Waals surface area contributed by atoms with E-state index in [1.165, 1.54) is 12.5 Å². The zero-order chi connectivity index (χ0) is 10.8. The highest BCUT2D eigenvalue weighted by atomic mass is 16.4. The van der Waals surface area contributed by atoms with E-state index in [-0.39, 0.29) is 5.69 Å². The zero-order valence-corrected chi connectivity index (χ0v) is 8.17. The Bertz CT molecular complexity index is 484. The molecule has 0 aliphatic heterocycles. The van der Waals surface area contributed by atoms with Crippen molar-refractivity contribution < 1.29 is 14.3 Å². The molecule has 0 aliphatic rings. The van der Waals surface area contributed by atoms with Crippen molar-refractivity contribution in [3.05, 3.63) is 41.9 Å². The van der Waals surface area contributed by atoms with E-state index >= 15 is 0 Å². The van der Waals surface area contributed by atoms with Crippen molar-refractivity contribution in [2.75, 3.05) is 0 Å². The standard InChI is InChI=1S/C10H10N2O3/c1-7-2-3-8(15-7)4-12-5-9(10(13)14)11-6-12/h2-3,5-6H,4H2,1H3,(H,13,14). The molecular weight excluding hydrogens is 196 g/mol. The van der Waals surface area contributed by atoms with Crippen molar-refractivity contribution in [1.82, 2.24) is 9.55 Å². The Morgan fingerprint density at radius 2 is 2.40 bits per heavy atom. The Balaban J connectivity index is 2.14. The fourth-order valence-electron chi connectivity index (χ4n) is 1.31. The molecule has 0 aliphatic carbocycles. The second-order valence-electron chi connectivity index (χ2n) is 3.25. The van der Waals surface area contributed by atoms with Gasteiger partial charge in [-0.1, -0.05) is 0 Å². The summed E-state index contributed by atoms with van der Waals surface area (Å²) in [6.07, 6.45) is 2.95. The maximum Gasteiger partial charge on any atom is 0.356 e. The van der Waals surface area contributed by atoms with Gasteiger partial charge in [-0.2, -0.15) is 0 Å². The van der Waals surface area contributed by atoms with Gasteiger partial charge < -0.3 is 14.1 Å². The summed E-state index contributed by atoms with van der Waals surface area (Å²) >= 11 is 0. The maximum absolute atomic E-state index is 10.6. The van der Waals surface area contributed by atoms with Gasteiger partial charge in [0.15, 0.2) is 5.69 Å². The Kier molecular flexibility index (Phi) is 2.29.